The van der Waals surface area contributed by atoms with Gasteiger partial charge in [-0.25, -0.2) is 0 Å². The first-order valence-corrected chi connectivity index (χ1v) is 17.5. The highest BCUT2D eigenvalue weighted by Crippen LogP contribution is 2.48. The Balaban J connectivity index is 1.30. The SMILES string of the molecule is c1ccc(-c2ccccc2-c2c(-c3ccccc3)cccc2N(c2ccc(-c3cccc4ccccc34)cc2)c2ccc3ccccc3c2)cc1. The van der Waals surface area contributed by atoms with Gasteiger partial charge in [-0.1, -0.05) is 182 Å². The largest absolute Gasteiger partial charge is 0.310 e. The Morgan fingerprint density at radius 3 is 1.55 bits per heavy atom. The highest BCUT2D eigenvalue weighted by Gasteiger charge is 2.23. The summed E-state index contributed by atoms with van der Waals surface area (Å²) in [6.07, 6.45) is 0. The maximum absolute atomic E-state index is 2.43. The molecule has 0 radical (unpaired) electrons. The van der Waals surface area contributed by atoms with Crippen LogP contribution in [0.4, 0.5) is 17.1 Å². The molecule has 9 aromatic rings. The Bertz CT molecular complexity index is 2620. The van der Waals surface area contributed by atoms with Gasteiger partial charge >= 0.3 is 0 Å². The van der Waals surface area contributed by atoms with Crippen LogP contribution in [0.1, 0.15) is 0 Å². The smallest absolute Gasteiger partial charge is 0.0546 e. The molecule has 0 aliphatic heterocycles. The number of benzene rings is 9. The van der Waals surface area contributed by atoms with Crippen LogP contribution < -0.4 is 4.90 Å². The Labute approximate surface area is 299 Å². The van der Waals surface area contributed by atoms with E-state index < -0.39 is 0 Å². The van der Waals surface area contributed by atoms with Gasteiger partial charge in [-0.3, -0.25) is 0 Å². The lowest BCUT2D eigenvalue weighted by Gasteiger charge is -2.30. The minimum Gasteiger partial charge on any atom is -0.310 e. The second-order valence-electron chi connectivity index (χ2n) is 12.9. The molecule has 0 unspecified atom stereocenters. The average Bonchev–Trinajstić information content (AvgIpc) is 3.21. The number of rotatable bonds is 7. The first-order valence-electron chi connectivity index (χ1n) is 17.5. The zero-order chi connectivity index (χ0) is 34.0. The number of nitrogens with zero attached hydrogens (tertiary/aromatic N) is 1. The molecule has 1 heteroatoms. The molecule has 0 N–H and O–H groups in total. The van der Waals surface area contributed by atoms with Crippen LogP contribution in [0, 0.1) is 0 Å². The third kappa shape index (κ3) is 5.75. The van der Waals surface area contributed by atoms with Crippen molar-refractivity contribution in [3.05, 3.63) is 212 Å². The van der Waals surface area contributed by atoms with Gasteiger partial charge in [-0.15, -0.1) is 0 Å². The van der Waals surface area contributed by atoms with E-state index in [-0.39, 0.29) is 0 Å². The molecule has 0 fully saturated rings. The van der Waals surface area contributed by atoms with Crippen LogP contribution in [0.5, 0.6) is 0 Å². The molecular weight excluding hydrogens is 615 g/mol. The number of hydrogen-bond acceptors (Lipinski definition) is 1. The molecule has 1 nitrogen and oxygen atoms in total. The van der Waals surface area contributed by atoms with E-state index in [2.05, 4.69) is 217 Å². The molecule has 9 rings (SSSR count). The summed E-state index contributed by atoms with van der Waals surface area (Å²) in [6, 6.07) is 76.7. The van der Waals surface area contributed by atoms with Crippen LogP contribution >= 0.6 is 0 Å². The van der Waals surface area contributed by atoms with Gasteiger partial charge in [0.2, 0.25) is 0 Å². The van der Waals surface area contributed by atoms with E-state index in [0.717, 1.165) is 17.1 Å². The second kappa shape index (κ2) is 13.3. The van der Waals surface area contributed by atoms with Crippen molar-refractivity contribution in [1.82, 2.24) is 0 Å². The topological polar surface area (TPSA) is 3.24 Å². The predicted octanol–water partition coefficient (Wildman–Crippen LogP) is 14.1. The molecule has 0 saturated heterocycles. The van der Waals surface area contributed by atoms with E-state index in [9.17, 15) is 0 Å². The fourth-order valence-corrected chi connectivity index (χ4v) is 7.45. The van der Waals surface area contributed by atoms with Gasteiger partial charge in [0.05, 0.1) is 5.69 Å². The van der Waals surface area contributed by atoms with Crippen molar-refractivity contribution < 1.29 is 0 Å². The molecule has 51 heavy (non-hydrogen) atoms. The van der Waals surface area contributed by atoms with E-state index in [1.165, 1.54) is 66.1 Å². The molecule has 0 saturated carbocycles. The highest BCUT2D eigenvalue weighted by molar-refractivity contribution is 6.02. The maximum atomic E-state index is 2.43. The van der Waals surface area contributed by atoms with Crippen molar-refractivity contribution in [3.63, 3.8) is 0 Å². The Kier molecular flexibility index (Phi) is 7.92. The molecule has 0 bridgehead atoms. The molecule has 0 amide bonds. The molecule has 240 valence electrons. The Morgan fingerprint density at radius 1 is 0.275 bits per heavy atom. The summed E-state index contributed by atoms with van der Waals surface area (Å²) in [6.45, 7) is 0. The normalized spacial score (nSPS) is 11.1. The lowest BCUT2D eigenvalue weighted by molar-refractivity contribution is 1.29. The molecule has 0 aromatic heterocycles. The standard InChI is InChI=1S/C50H35N/c1-3-16-37(17-4-1)46-24-11-12-25-48(46)50-47(39-18-5-2-6-19-39)27-14-28-49(50)51(43-34-29-36-15-7-8-21-41(36)35-43)42-32-30-40(31-33-42)45-26-13-22-38-20-9-10-23-44(38)45/h1-35H. The van der Waals surface area contributed by atoms with Crippen LogP contribution in [-0.2, 0) is 0 Å². The third-order valence-electron chi connectivity index (χ3n) is 9.87. The van der Waals surface area contributed by atoms with Crippen molar-refractivity contribution in [2.75, 3.05) is 4.90 Å². The van der Waals surface area contributed by atoms with Gasteiger partial charge in [-0.2, -0.15) is 0 Å². The maximum Gasteiger partial charge on any atom is 0.0546 e. The Hall–Kier alpha value is -6.70. The fraction of sp³-hybridized carbons (Fsp3) is 0. The molecule has 0 aliphatic carbocycles. The van der Waals surface area contributed by atoms with E-state index in [1.54, 1.807) is 0 Å². The zero-order valence-electron chi connectivity index (χ0n) is 28.2. The van der Waals surface area contributed by atoms with Gasteiger partial charge in [-0.05, 0) is 90.8 Å². The minimum absolute atomic E-state index is 1.10. The fourth-order valence-electron chi connectivity index (χ4n) is 7.45. The van der Waals surface area contributed by atoms with Crippen LogP contribution in [0.25, 0.3) is 66.1 Å². The summed E-state index contributed by atoms with van der Waals surface area (Å²) in [5.41, 5.74) is 12.9. The van der Waals surface area contributed by atoms with Gasteiger partial charge in [0.25, 0.3) is 0 Å². The van der Waals surface area contributed by atoms with Gasteiger partial charge in [0.1, 0.15) is 0 Å². The first kappa shape index (κ1) is 30.4. The van der Waals surface area contributed by atoms with Crippen LogP contribution in [0.15, 0.2) is 212 Å². The number of hydrogen-bond donors (Lipinski definition) is 0. The van der Waals surface area contributed by atoms with Crippen LogP contribution in [-0.4, -0.2) is 0 Å². The molecule has 0 heterocycles. The Morgan fingerprint density at radius 2 is 0.784 bits per heavy atom. The van der Waals surface area contributed by atoms with Crippen molar-refractivity contribution in [2.45, 2.75) is 0 Å². The van der Waals surface area contributed by atoms with Crippen LogP contribution in [0.3, 0.4) is 0 Å². The third-order valence-corrected chi connectivity index (χ3v) is 9.87. The quantitative estimate of drug-likeness (QED) is 0.166. The summed E-state index contributed by atoms with van der Waals surface area (Å²) in [4.78, 5) is 2.43. The van der Waals surface area contributed by atoms with E-state index in [1.807, 2.05) is 0 Å². The number of fused-ring (bicyclic) bond motifs is 2. The van der Waals surface area contributed by atoms with Crippen molar-refractivity contribution in [2.24, 2.45) is 0 Å². The lowest BCUT2D eigenvalue weighted by atomic mass is 9.87. The predicted molar refractivity (Wildman–Crippen MR) is 218 cm³/mol. The summed E-state index contributed by atoms with van der Waals surface area (Å²) < 4.78 is 0. The highest BCUT2D eigenvalue weighted by atomic mass is 15.1. The van der Waals surface area contributed by atoms with Crippen molar-refractivity contribution >= 4 is 38.6 Å². The summed E-state index contributed by atoms with van der Waals surface area (Å²) in [7, 11) is 0. The summed E-state index contributed by atoms with van der Waals surface area (Å²) in [5.74, 6) is 0. The van der Waals surface area contributed by atoms with E-state index in [0.29, 0.717) is 0 Å². The van der Waals surface area contributed by atoms with Gasteiger partial charge < -0.3 is 4.90 Å². The minimum atomic E-state index is 1.10. The summed E-state index contributed by atoms with van der Waals surface area (Å²) >= 11 is 0. The first-order chi connectivity index (χ1) is 25.3. The second-order valence-corrected chi connectivity index (χ2v) is 12.9. The molecule has 0 spiro atoms. The molecule has 0 atom stereocenters. The lowest BCUT2D eigenvalue weighted by Crippen LogP contribution is -2.12. The van der Waals surface area contributed by atoms with Gasteiger partial charge in [0, 0.05) is 16.9 Å². The van der Waals surface area contributed by atoms with Gasteiger partial charge in [0.15, 0.2) is 0 Å². The molecular formula is C50H35N. The molecule has 9 aromatic carbocycles. The monoisotopic (exact) mass is 649 g/mol. The summed E-state index contributed by atoms with van der Waals surface area (Å²) in [5, 5.41) is 4.93. The van der Waals surface area contributed by atoms with Crippen molar-refractivity contribution in [3.8, 4) is 44.5 Å². The van der Waals surface area contributed by atoms with Crippen LogP contribution in [0.2, 0.25) is 0 Å². The van der Waals surface area contributed by atoms with Crippen molar-refractivity contribution in [1.29, 1.82) is 0 Å². The molecule has 0 aliphatic rings. The zero-order valence-corrected chi connectivity index (χ0v) is 28.2. The van der Waals surface area contributed by atoms with E-state index in [4.69, 9.17) is 0 Å². The van der Waals surface area contributed by atoms with E-state index >= 15 is 0 Å². The average molecular weight is 650 g/mol. The number of anilines is 3.